The molecule has 3 saturated heterocycles. The van der Waals surface area contributed by atoms with Gasteiger partial charge in [0.05, 0.1) is 95.6 Å². The summed E-state index contributed by atoms with van der Waals surface area (Å²) in [5, 5.41) is 13.7. The fourth-order valence-corrected chi connectivity index (χ4v) is 18.1. The van der Waals surface area contributed by atoms with Gasteiger partial charge in [-0.1, -0.05) is 162 Å². The number of nitrogens with two attached hydrogens (primary N) is 1. The molecule has 2 aromatic heterocycles. The molecule has 1 unspecified atom stereocenters. The van der Waals surface area contributed by atoms with E-state index in [1.54, 1.807) is 73.7 Å². The van der Waals surface area contributed by atoms with Crippen LogP contribution in [-0.4, -0.2) is 258 Å². The van der Waals surface area contributed by atoms with Crippen LogP contribution in [0, 0.1) is 17.8 Å². The van der Waals surface area contributed by atoms with Gasteiger partial charge >= 0.3 is 11.9 Å². The van der Waals surface area contributed by atoms with Crippen molar-refractivity contribution in [3.05, 3.63) is 144 Å². The highest BCUT2D eigenvalue weighted by molar-refractivity contribution is 6.38. The highest BCUT2D eigenvalue weighted by atomic mass is 35.5. The lowest BCUT2D eigenvalue weighted by Gasteiger charge is -2.34. The summed E-state index contributed by atoms with van der Waals surface area (Å²) < 4.78 is 41.7. The van der Waals surface area contributed by atoms with Gasteiger partial charge in [0.25, 0.3) is 5.91 Å². The summed E-state index contributed by atoms with van der Waals surface area (Å²) >= 11 is 0. The summed E-state index contributed by atoms with van der Waals surface area (Å²) in [6.45, 7) is 6.78. The number of likely N-dealkylation sites (tertiary alicyclic amines) is 2. The first-order valence-electron chi connectivity index (χ1n) is 46.2. The van der Waals surface area contributed by atoms with E-state index in [0.29, 0.717) is 102 Å². The smallest absolute Gasteiger partial charge is 0.328 e. The highest BCUT2D eigenvalue weighted by Gasteiger charge is 2.49. The Hall–Kier alpha value is -10.0. The van der Waals surface area contributed by atoms with Crippen LogP contribution in [0.25, 0.3) is 0 Å². The Kier molecular flexibility index (Phi) is 43.5. The van der Waals surface area contributed by atoms with Crippen LogP contribution in [0.15, 0.2) is 116 Å². The minimum atomic E-state index is -1.23. The number of H-pyrrole nitrogens is 1. The number of nitrogens with one attached hydrogen (secondary N) is 6. The number of esters is 2. The number of Topliss-reactive ketones (excluding diaryl/α,β-unsaturated/α-hetero) is 1. The standard InChI is InChI=1S/C40H56N8O8.C30H42N4O6.C25H38N2O5.ClH/c1-4-13-30(36(51)38(53)41-22-33(50)45-34(39(54)46(2)3)26-14-7-5-8-15-26)43-37(52)31-21-29-24-48(31)40(55)35(27-16-9-6-10-17-27)44-32(49)20-28-23-47(25-42-28)18-11-12-19-56-29;1-38-30(37)26-17-25(40-15-9-8-14-39-20-22-10-4-2-5-11-22)19-34(26)29(36)28(23-12-6-3-7-13-23)33-27(35)16-24-18-31-21-32-24;1-30-25(29)22-16-21(17-27(22)24(28)23(26)20-12-6-3-7-13-20)32-15-9-8-14-31-18-19-10-4-2-5-11-19;/h5,7-8,14-15,23,25,27,29-31,34-35H,4,6,9-13,16-22,24H2,1-3H3,(H,41,53)(H,43,52)(H,44,49)(H,45,50);2,4-5,10-11,18,21,23,25-26,28H,3,6-9,12-17,19-20H2,1H3,(H,31,32)(H,33,35);2,4-5,10-11,20-23H,3,6-9,12-18,26H2,1H3;1H/t29-,30?,31+,34+,35+;25-,26+,28+;21-,22+,23+;/m111./s1. The Bertz CT molecular complexity index is 4300. The number of imidazole rings is 2. The van der Waals surface area contributed by atoms with Gasteiger partial charge in [-0.05, 0) is 118 Å². The normalized spacial score (nSPS) is 21.4. The van der Waals surface area contributed by atoms with Crippen molar-refractivity contribution in [3.63, 3.8) is 0 Å². The molecular weight excluding hydrogens is 1680 g/mol. The number of likely N-dealkylation sites (N-methyl/N-ethyl adjacent to an activating group) is 1. The van der Waals surface area contributed by atoms with Crippen molar-refractivity contribution in [2.24, 2.45) is 23.5 Å². The van der Waals surface area contributed by atoms with Crippen molar-refractivity contribution in [1.82, 2.24) is 65.7 Å². The number of carbonyl (C=O) groups excluding carboxylic acids is 12. The molecule has 9 amide bonds. The molecule has 5 aromatic rings. The van der Waals surface area contributed by atoms with Gasteiger partial charge in [-0.15, -0.1) is 12.4 Å². The third-order valence-corrected chi connectivity index (χ3v) is 25.1. The lowest BCUT2D eigenvalue weighted by molar-refractivity contribution is -0.152. The number of ketones is 1. The topological polar surface area (TPSA) is 415 Å². The predicted molar refractivity (Wildman–Crippen MR) is 481 cm³/mol. The molecule has 7 aliphatic rings. The second kappa shape index (κ2) is 54.6. The molecule has 708 valence electrons. The van der Waals surface area contributed by atoms with Gasteiger partial charge in [0.2, 0.25) is 53.0 Å². The van der Waals surface area contributed by atoms with E-state index < -0.39 is 96.4 Å². The summed E-state index contributed by atoms with van der Waals surface area (Å²) in [5.41, 5.74) is 10.5. The fraction of sp³-hybridized carbons (Fsp3) is 0.621. The lowest BCUT2D eigenvalue weighted by atomic mass is 9.83. The Balaban J connectivity index is 0.000000227. The van der Waals surface area contributed by atoms with Crippen LogP contribution in [0.1, 0.15) is 208 Å². The Labute approximate surface area is 764 Å². The Morgan fingerprint density at radius 2 is 1.19 bits per heavy atom. The van der Waals surface area contributed by atoms with Gasteiger partial charge in [0, 0.05) is 111 Å². The number of hydrogen-bond donors (Lipinski definition) is 7. The van der Waals surface area contributed by atoms with Crippen LogP contribution in [0.4, 0.5) is 0 Å². The van der Waals surface area contributed by atoms with Crippen molar-refractivity contribution in [2.45, 2.75) is 273 Å². The van der Waals surface area contributed by atoms with E-state index in [2.05, 4.69) is 41.5 Å². The van der Waals surface area contributed by atoms with Crippen LogP contribution < -0.4 is 32.3 Å². The number of halogens is 1. The number of rotatable bonds is 37. The highest BCUT2D eigenvalue weighted by Crippen LogP contribution is 2.35. The van der Waals surface area contributed by atoms with E-state index in [0.717, 1.165) is 134 Å². The lowest BCUT2D eigenvalue weighted by Crippen LogP contribution is -2.58. The molecule has 6 fully saturated rings. The van der Waals surface area contributed by atoms with E-state index >= 15 is 0 Å². The van der Waals surface area contributed by atoms with E-state index in [-0.39, 0.29) is 110 Å². The van der Waals surface area contributed by atoms with E-state index in [1.165, 1.54) is 42.3 Å². The zero-order valence-electron chi connectivity index (χ0n) is 75.7. The minimum Gasteiger partial charge on any atom is -0.467 e. The number of aryl methyl sites for hydroxylation is 1. The van der Waals surface area contributed by atoms with E-state index in [4.69, 9.17) is 38.9 Å². The van der Waals surface area contributed by atoms with Crippen LogP contribution in [0.3, 0.4) is 0 Å². The second-order valence-electron chi connectivity index (χ2n) is 34.8. The minimum absolute atomic E-state index is 0. The number of nitrogens with zero attached hydrogens (tertiary/aromatic N) is 7. The first kappa shape index (κ1) is 103. The number of carbonyl (C=O) groups is 12. The van der Waals surface area contributed by atoms with Crippen molar-refractivity contribution in [3.8, 4) is 0 Å². The van der Waals surface area contributed by atoms with Crippen LogP contribution in [-0.2, 0) is 123 Å². The van der Waals surface area contributed by atoms with Gasteiger partial charge in [0.1, 0.15) is 36.3 Å². The largest absolute Gasteiger partial charge is 0.467 e. The van der Waals surface area contributed by atoms with Crippen molar-refractivity contribution >= 4 is 83.3 Å². The summed E-state index contributed by atoms with van der Waals surface area (Å²) in [5.74, 6) is -5.75. The van der Waals surface area contributed by atoms with Gasteiger partial charge in [-0.3, -0.25) is 47.9 Å². The molecule has 3 aromatic carbocycles. The zero-order chi connectivity index (χ0) is 91.1. The number of aromatic nitrogens is 4. The molecule has 6 heterocycles. The first-order chi connectivity index (χ1) is 62.1. The molecule has 33 nitrogen and oxygen atoms in total. The van der Waals surface area contributed by atoms with E-state index in [9.17, 15) is 57.5 Å². The number of aromatic amines is 1. The Morgan fingerprint density at radius 3 is 1.74 bits per heavy atom. The maximum atomic E-state index is 14.5. The monoisotopic (exact) mass is 1810 g/mol. The second-order valence-corrected chi connectivity index (χ2v) is 34.8. The third-order valence-electron chi connectivity index (χ3n) is 25.1. The third kappa shape index (κ3) is 32.2. The van der Waals surface area contributed by atoms with Crippen LogP contribution in [0.2, 0.25) is 0 Å². The maximum Gasteiger partial charge on any atom is 0.328 e. The molecule has 4 aliphatic heterocycles. The fourth-order valence-electron chi connectivity index (χ4n) is 18.1. The quantitative estimate of drug-likeness (QED) is 0.0113. The molecule has 8 N–H and O–H groups in total. The molecule has 34 heteroatoms. The molecular formula is C95H137ClN14O19. The molecule has 0 radical (unpaired) electrons. The number of ether oxygens (including phenoxy) is 7. The van der Waals surface area contributed by atoms with Crippen molar-refractivity contribution in [1.29, 1.82) is 0 Å². The molecule has 4 bridgehead atoms. The van der Waals surface area contributed by atoms with Crippen molar-refractivity contribution in [2.75, 3.05) is 87.5 Å². The van der Waals surface area contributed by atoms with Crippen molar-refractivity contribution < 1.29 is 90.7 Å². The predicted octanol–water partition coefficient (Wildman–Crippen LogP) is 7.83. The van der Waals surface area contributed by atoms with Gasteiger partial charge in [0.15, 0.2) is 0 Å². The molecule has 11 atom stereocenters. The molecule has 3 aliphatic carbocycles. The average molecular weight is 1810 g/mol. The van der Waals surface area contributed by atoms with Gasteiger partial charge < -0.3 is 94.6 Å². The Morgan fingerprint density at radius 1 is 0.628 bits per heavy atom. The number of unbranched alkanes of at least 4 members (excludes halogenated alkanes) is 2. The summed E-state index contributed by atoms with van der Waals surface area (Å²) in [4.78, 5) is 177. The number of fused-ring (bicyclic) bond motifs is 4. The summed E-state index contributed by atoms with van der Waals surface area (Å²) in [6.07, 6.45) is 27.2. The van der Waals surface area contributed by atoms with E-state index in [1.807, 2.05) is 71.4 Å². The molecule has 3 saturated carbocycles. The number of hydrogen-bond acceptors (Lipinski definition) is 22. The van der Waals surface area contributed by atoms with Crippen LogP contribution >= 0.6 is 12.4 Å². The molecule has 12 rings (SSSR count). The number of methoxy groups -OCH3 is 2. The van der Waals surface area contributed by atoms with Crippen LogP contribution in [0.5, 0.6) is 0 Å². The first-order valence-corrected chi connectivity index (χ1v) is 46.2. The number of amides is 9. The SMILES string of the molecule is CCCC(NC(=O)[C@@H]1C[C@@H]2CN1C(=O)[C@H](C1CCCCC1)NC(=O)Cc1cn(cn1)CCCCO2)C(=O)C(=O)NCC(=O)N[C@H](C(=O)N(C)C)c1ccccc1.COC(=O)[C@@H]1C[C@@H](OCCCCOCc2ccccc2)CN1C(=O)[C@@H](N)C1CCCCC1.COC(=O)[C@@H]1C[C@@H](OCCCCOCc2ccccc2)CN1C(=O)[C@@H](NC(=O)Cc1cnc[nH]1)C1CCCCC1.Cl. The zero-order valence-corrected chi connectivity index (χ0v) is 76.5. The molecule has 129 heavy (non-hydrogen) atoms. The number of benzene rings is 3. The summed E-state index contributed by atoms with van der Waals surface area (Å²) in [7, 11) is 5.81. The maximum absolute atomic E-state index is 14.5. The molecule has 0 spiro atoms. The summed E-state index contributed by atoms with van der Waals surface area (Å²) in [6, 6.07) is 22.1. The average Bonchev–Trinajstić information content (AvgIpc) is 1.67. The van der Waals surface area contributed by atoms with Gasteiger partial charge in [-0.2, -0.15) is 0 Å². The van der Waals surface area contributed by atoms with Gasteiger partial charge in [-0.25, -0.2) is 19.6 Å².